The van der Waals surface area contributed by atoms with E-state index in [9.17, 15) is 0 Å². The lowest BCUT2D eigenvalue weighted by atomic mass is 9.96. The number of nitrogens with one attached hydrogen (secondary N) is 2. The van der Waals surface area contributed by atoms with Crippen LogP contribution in [0.3, 0.4) is 0 Å². The van der Waals surface area contributed by atoms with Gasteiger partial charge in [0.15, 0.2) is 22.9 Å². The van der Waals surface area contributed by atoms with Gasteiger partial charge in [0, 0.05) is 54.6 Å². The molecule has 8 bridgehead atoms. The molecule has 8 heteroatoms. The lowest BCUT2D eigenvalue weighted by Crippen LogP contribution is -2.00. The highest BCUT2D eigenvalue weighted by Crippen LogP contribution is 2.40. The van der Waals surface area contributed by atoms with Crippen LogP contribution in [0.2, 0.25) is 0 Å². The lowest BCUT2D eigenvalue weighted by molar-refractivity contribution is 1.13. The number of rotatable bonds is 0. The van der Waals surface area contributed by atoms with Crippen molar-refractivity contribution in [1.82, 2.24) is 39.9 Å². The molecule has 0 saturated carbocycles. The Kier molecular flexibility index (Phi) is 4.96. The summed E-state index contributed by atoms with van der Waals surface area (Å²) in [6.45, 7) is 0. The zero-order valence-corrected chi connectivity index (χ0v) is 25.2. The third kappa shape index (κ3) is 3.54. The van der Waals surface area contributed by atoms with Gasteiger partial charge >= 0.3 is 0 Å². The van der Waals surface area contributed by atoms with E-state index in [-0.39, 0.29) is 0 Å². The first-order chi connectivity index (χ1) is 23.8. The second-order valence-corrected chi connectivity index (χ2v) is 12.1. The van der Waals surface area contributed by atoms with Gasteiger partial charge in [0.2, 0.25) is 0 Å². The molecule has 9 aromatic rings. The summed E-state index contributed by atoms with van der Waals surface area (Å²) in [6, 6.07) is 41.3. The molecule has 2 aliphatic rings. The summed E-state index contributed by atoms with van der Waals surface area (Å²) in [7, 11) is 0. The maximum absolute atomic E-state index is 5.30. The van der Waals surface area contributed by atoms with Crippen molar-refractivity contribution in [3.05, 3.63) is 121 Å². The summed E-state index contributed by atoms with van der Waals surface area (Å²) in [5, 5.41) is 8.13. The fourth-order valence-electron chi connectivity index (χ4n) is 7.27. The van der Waals surface area contributed by atoms with Gasteiger partial charge in [-0.05, 0) is 10.8 Å². The van der Waals surface area contributed by atoms with E-state index in [2.05, 4.69) is 94.9 Å². The van der Waals surface area contributed by atoms with Gasteiger partial charge < -0.3 is 9.97 Å². The Balaban J connectivity index is 1.41. The van der Waals surface area contributed by atoms with Crippen molar-refractivity contribution in [2.75, 3.05) is 0 Å². The first kappa shape index (κ1) is 25.4. The van der Waals surface area contributed by atoms with Crippen molar-refractivity contribution in [2.45, 2.75) is 0 Å². The van der Waals surface area contributed by atoms with Crippen LogP contribution in [0.1, 0.15) is 0 Å². The standard InChI is InChI=1S/C40H22N8/c1-3-15-25-23(13-1)33-41-34-24-14-2-4-16-26(24)36(43-34)45-38-28-18-6-10-22-12-8-20-30(32(22)28)40(47-38)48-39-29-19-7-11-21-9-5-17-27(31(21)29)37(46-39)44-35(25)42-33/h1-20H,(H2,41,42,43,44,45,46,47,48). The van der Waals surface area contributed by atoms with Gasteiger partial charge in [0.05, 0.1) is 0 Å². The highest BCUT2D eigenvalue weighted by molar-refractivity contribution is 6.19. The number of H-pyrrole nitrogens is 2. The van der Waals surface area contributed by atoms with Gasteiger partial charge in [-0.25, -0.2) is 29.9 Å². The molecule has 0 saturated heterocycles. The number of fused-ring (bicyclic) bond motifs is 18. The number of nitrogens with zero attached hydrogens (tertiary/aromatic N) is 6. The average molecular weight is 615 g/mol. The first-order valence-corrected chi connectivity index (χ1v) is 15.8. The SMILES string of the molecule is c1ccc2c(c1)-c1nc-2nc2[nH]c(nc3nc(nc4[nH]c(n1)-c1cccc5cccc-4c15)c1cccc4cccc3c41)c1ccccc21. The molecule has 2 aliphatic heterocycles. The molecule has 48 heavy (non-hydrogen) atoms. The summed E-state index contributed by atoms with van der Waals surface area (Å²) in [5.74, 6) is 2.49. The third-order valence-electron chi connectivity index (χ3n) is 9.42. The molecule has 0 unspecified atom stereocenters. The molecule has 3 aromatic heterocycles. The van der Waals surface area contributed by atoms with Crippen LogP contribution in [-0.2, 0) is 0 Å². The largest absolute Gasteiger partial charge is 0.324 e. The van der Waals surface area contributed by atoms with Gasteiger partial charge in [0.25, 0.3) is 0 Å². The summed E-state index contributed by atoms with van der Waals surface area (Å²) in [5.41, 5.74) is 6.28. The van der Waals surface area contributed by atoms with Crippen LogP contribution in [0, 0.1) is 0 Å². The monoisotopic (exact) mass is 614 g/mol. The smallest absolute Gasteiger partial charge is 0.164 e. The second-order valence-electron chi connectivity index (χ2n) is 12.1. The predicted octanol–water partition coefficient (Wildman–Crippen LogP) is 9.18. The quantitative estimate of drug-likeness (QED) is 0.176. The lowest BCUT2D eigenvalue weighted by Gasteiger charge is -2.16. The van der Waals surface area contributed by atoms with Crippen molar-refractivity contribution < 1.29 is 0 Å². The zero-order chi connectivity index (χ0) is 31.3. The Morgan fingerprint density at radius 3 is 1.52 bits per heavy atom. The minimum Gasteiger partial charge on any atom is -0.324 e. The van der Waals surface area contributed by atoms with Gasteiger partial charge in [0.1, 0.15) is 22.9 Å². The minimum absolute atomic E-state index is 0.573. The van der Waals surface area contributed by atoms with Crippen molar-refractivity contribution in [3.63, 3.8) is 0 Å². The van der Waals surface area contributed by atoms with Gasteiger partial charge in [-0.2, -0.15) is 0 Å². The molecular weight excluding hydrogens is 592 g/mol. The van der Waals surface area contributed by atoms with E-state index >= 15 is 0 Å². The van der Waals surface area contributed by atoms with Crippen LogP contribution in [-0.4, -0.2) is 39.9 Å². The Labute approximate surface area is 271 Å². The molecule has 0 atom stereocenters. The molecule has 0 spiro atoms. The zero-order valence-electron chi connectivity index (χ0n) is 25.2. The molecule has 0 aliphatic carbocycles. The number of aromatic amines is 2. The molecule has 5 heterocycles. The van der Waals surface area contributed by atoms with E-state index in [1.54, 1.807) is 0 Å². The molecule has 11 rings (SSSR count). The number of hydrogen-bond acceptors (Lipinski definition) is 6. The van der Waals surface area contributed by atoms with Crippen LogP contribution in [0.15, 0.2) is 121 Å². The highest BCUT2D eigenvalue weighted by atomic mass is 15.0. The number of aromatic nitrogens is 8. The normalized spacial score (nSPS) is 12.2. The molecule has 2 N–H and O–H groups in total. The average Bonchev–Trinajstić information content (AvgIpc) is 3.65. The van der Waals surface area contributed by atoms with Gasteiger partial charge in [-0.15, -0.1) is 0 Å². The van der Waals surface area contributed by atoms with Crippen LogP contribution >= 0.6 is 0 Å². The van der Waals surface area contributed by atoms with E-state index in [0.717, 1.165) is 65.3 Å². The highest BCUT2D eigenvalue weighted by Gasteiger charge is 2.22. The molecule has 0 fully saturated rings. The molecule has 222 valence electrons. The van der Waals surface area contributed by atoms with E-state index in [0.29, 0.717) is 45.9 Å². The second kappa shape index (κ2) is 9.37. The molecule has 0 radical (unpaired) electrons. The van der Waals surface area contributed by atoms with Crippen LogP contribution in [0.5, 0.6) is 0 Å². The number of pyridine rings is 2. The topological polar surface area (TPSA) is 109 Å². The van der Waals surface area contributed by atoms with E-state index in [1.165, 1.54) is 0 Å². The molecule has 6 aromatic carbocycles. The number of hydrogen-bond donors (Lipinski definition) is 2. The van der Waals surface area contributed by atoms with E-state index < -0.39 is 0 Å². The van der Waals surface area contributed by atoms with Crippen molar-refractivity contribution in [2.24, 2.45) is 0 Å². The molecule has 0 amide bonds. The maximum atomic E-state index is 5.30. The summed E-state index contributed by atoms with van der Waals surface area (Å²) >= 11 is 0. The van der Waals surface area contributed by atoms with E-state index in [1.807, 2.05) is 36.4 Å². The van der Waals surface area contributed by atoms with Crippen molar-refractivity contribution in [3.8, 4) is 45.6 Å². The van der Waals surface area contributed by atoms with Gasteiger partial charge in [-0.3, -0.25) is 0 Å². The fourth-order valence-corrected chi connectivity index (χ4v) is 7.27. The van der Waals surface area contributed by atoms with E-state index in [4.69, 9.17) is 29.9 Å². The fraction of sp³-hybridized carbons (Fsp3) is 0. The first-order valence-electron chi connectivity index (χ1n) is 15.8. The molecule has 8 nitrogen and oxygen atoms in total. The van der Waals surface area contributed by atoms with Crippen LogP contribution < -0.4 is 0 Å². The molecular formula is C40H22N8. The Morgan fingerprint density at radius 2 is 0.833 bits per heavy atom. The summed E-state index contributed by atoms with van der Waals surface area (Å²) < 4.78 is 0. The summed E-state index contributed by atoms with van der Waals surface area (Å²) in [6.07, 6.45) is 0. The predicted molar refractivity (Wildman–Crippen MR) is 191 cm³/mol. The Hall–Kier alpha value is -6.80. The van der Waals surface area contributed by atoms with Crippen molar-refractivity contribution >= 4 is 65.7 Å². The van der Waals surface area contributed by atoms with Crippen LogP contribution in [0.25, 0.3) is 111 Å². The Morgan fingerprint density at radius 1 is 0.333 bits per heavy atom. The van der Waals surface area contributed by atoms with Crippen molar-refractivity contribution in [1.29, 1.82) is 0 Å². The van der Waals surface area contributed by atoms with Crippen LogP contribution in [0.4, 0.5) is 0 Å². The van der Waals surface area contributed by atoms with Gasteiger partial charge in [-0.1, -0.05) is 121 Å². The summed E-state index contributed by atoms with van der Waals surface area (Å²) in [4.78, 5) is 38.1. The Bertz CT molecular complexity index is 3020. The minimum atomic E-state index is 0.573. The number of benzene rings is 6. The maximum Gasteiger partial charge on any atom is 0.164 e. The third-order valence-corrected chi connectivity index (χ3v) is 9.42.